The van der Waals surface area contributed by atoms with Crippen molar-refractivity contribution in [3.8, 4) is 5.69 Å². The molecule has 0 atom stereocenters. The van der Waals surface area contributed by atoms with Crippen LogP contribution in [0.2, 0.25) is 0 Å². The first-order valence-electron chi connectivity index (χ1n) is 8.50. The van der Waals surface area contributed by atoms with Gasteiger partial charge in [0.15, 0.2) is 17.3 Å². The second kappa shape index (κ2) is 5.89. The molecule has 4 rings (SSSR count). The van der Waals surface area contributed by atoms with Gasteiger partial charge < -0.3 is 10.4 Å². The highest BCUT2D eigenvalue weighted by Crippen LogP contribution is 2.45. The van der Waals surface area contributed by atoms with Crippen LogP contribution in [0.1, 0.15) is 41.0 Å². The fourth-order valence-electron chi connectivity index (χ4n) is 3.43. The Labute approximate surface area is 147 Å². The number of hydrogen-bond acceptors (Lipinski definition) is 3. The molecule has 0 unspecified atom stereocenters. The first-order chi connectivity index (χ1) is 12.4. The van der Waals surface area contributed by atoms with Gasteiger partial charge in [-0.25, -0.2) is 13.5 Å². The molecule has 0 bridgehead atoms. The van der Waals surface area contributed by atoms with E-state index in [4.69, 9.17) is 0 Å². The molecule has 0 radical (unpaired) electrons. The van der Waals surface area contributed by atoms with Crippen molar-refractivity contribution in [2.24, 2.45) is 5.41 Å². The van der Waals surface area contributed by atoms with E-state index in [1.807, 2.05) is 0 Å². The number of halogens is 2. The number of carbonyl (C=O) groups is 2. The van der Waals surface area contributed by atoms with Crippen molar-refractivity contribution in [3.05, 3.63) is 46.8 Å². The van der Waals surface area contributed by atoms with E-state index >= 15 is 0 Å². The zero-order chi connectivity index (χ0) is 18.5. The lowest BCUT2D eigenvalue weighted by molar-refractivity contribution is -0.143. The summed E-state index contributed by atoms with van der Waals surface area (Å²) < 4.78 is 29.0. The zero-order valence-corrected chi connectivity index (χ0v) is 13.9. The Morgan fingerprint density at radius 2 is 2.04 bits per heavy atom. The highest BCUT2D eigenvalue weighted by atomic mass is 19.2. The summed E-state index contributed by atoms with van der Waals surface area (Å²) in [6.07, 6.45) is 3.10. The van der Waals surface area contributed by atoms with Gasteiger partial charge in [-0.15, -0.1) is 0 Å². The number of hydrogen-bond donors (Lipinski definition) is 2. The van der Waals surface area contributed by atoms with Crippen LogP contribution in [0, 0.1) is 17.0 Å². The van der Waals surface area contributed by atoms with E-state index in [0.29, 0.717) is 36.9 Å². The Morgan fingerprint density at radius 1 is 1.27 bits per heavy atom. The average molecular weight is 361 g/mol. The van der Waals surface area contributed by atoms with Gasteiger partial charge >= 0.3 is 5.97 Å². The number of benzene rings is 1. The minimum absolute atomic E-state index is 0.0357. The molecule has 0 aliphatic heterocycles. The third-order valence-electron chi connectivity index (χ3n) is 5.20. The van der Waals surface area contributed by atoms with Crippen LogP contribution in [-0.4, -0.2) is 33.3 Å². The Kier molecular flexibility index (Phi) is 3.78. The number of rotatable bonds is 5. The van der Waals surface area contributed by atoms with E-state index in [-0.39, 0.29) is 17.9 Å². The van der Waals surface area contributed by atoms with Gasteiger partial charge in [0.05, 0.1) is 5.41 Å². The molecule has 2 N–H and O–H groups in total. The maximum absolute atomic E-state index is 14.2. The molecule has 26 heavy (non-hydrogen) atoms. The van der Waals surface area contributed by atoms with Crippen LogP contribution < -0.4 is 5.32 Å². The molecule has 0 saturated heterocycles. The van der Waals surface area contributed by atoms with Gasteiger partial charge in [0.1, 0.15) is 5.69 Å². The summed E-state index contributed by atoms with van der Waals surface area (Å²) in [5.74, 6) is -3.39. The number of carboxylic acid groups (broad SMARTS) is 1. The minimum atomic E-state index is -1.01. The summed E-state index contributed by atoms with van der Waals surface area (Å²) in [4.78, 5) is 23.8. The lowest BCUT2D eigenvalue weighted by Crippen LogP contribution is -2.34. The molecule has 2 aromatic rings. The number of amides is 1. The third-order valence-corrected chi connectivity index (χ3v) is 5.20. The van der Waals surface area contributed by atoms with Crippen LogP contribution in [-0.2, 0) is 17.6 Å². The molecule has 8 heteroatoms. The lowest BCUT2D eigenvalue weighted by atomic mass is 10.1. The number of nitrogens with one attached hydrogen (secondary N) is 1. The minimum Gasteiger partial charge on any atom is -0.481 e. The second-order valence-electron chi connectivity index (χ2n) is 6.88. The summed E-state index contributed by atoms with van der Waals surface area (Å²) >= 11 is 0. The smallest absolute Gasteiger partial charge is 0.311 e. The van der Waals surface area contributed by atoms with Crippen LogP contribution in [0.3, 0.4) is 0 Å². The average Bonchev–Trinajstić information content (AvgIpc) is 3.11. The molecule has 1 amide bonds. The van der Waals surface area contributed by atoms with Crippen LogP contribution in [0.4, 0.5) is 8.78 Å². The molecule has 1 aromatic carbocycles. The Bertz CT molecular complexity index is 919. The van der Waals surface area contributed by atoms with Crippen molar-refractivity contribution in [2.75, 3.05) is 6.54 Å². The van der Waals surface area contributed by atoms with Crippen molar-refractivity contribution < 1.29 is 23.5 Å². The quantitative estimate of drug-likeness (QED) is 0.855. The monoisotopic (exact) mass is 361 g/mol. The first-order valence-corrected chi connectivity index (χ1v) is 8.50. The standard InChI is InChI=1S/C18H17F2N3O3/c19-11-4-2-6-13(14(11)20)23-12-5-1-3-10(12)15(22-23)16(24)21-9-18(7-8-18)17(25)26/h2,4,6H,1,3,5,7-9H2,(H,21,24)(H,25,26). The molecular weight excluding hydrogens is 344 g/mol. The molecule has 6 nitrogen and oxygen atoms in total. The molecule has 0 spiro atoms. The molecule has 1 heterocycles. The Morgan fingerprint density at radius 3 is 2.73 bits per heavy atom. The summed E-state index contributed by atoms with van der Waals surface area (Å²) in [6.45, 7) is 0.0388. The number of carbonyl (C=O) groups excluding carboxylic acids is 1. The summed E-state index contributed by atoms with van der Waals surface area (Å²) in [5.41, 5.74) is 0.648. The molecule has 1 fully saturated rings. The van der Waals surface area contributed by atoms with Crippen molar-refractivity contribution in [2.45, 2.75) is 32.1 Å². The van der Waals surface area contributed by atoms with Crippen LogP contribution in [0.25, 0.3) is 5.69 Å². The summed E-state index contributed by atoms with van der Waals surface area (Å²) in [6, 6.07) is 3.83. The molecule has 136 valence electrons. The summed E-state index contributed by atoms with van der Waals surface area (Å²) in [5, 5.41) is 16.1. The van der Waals surface area contributed by atoms with E-state index in [9.17, 15) is 23.5 Å². The fourth-order valence-corrected chi connectivity index (χ4v) is 3.43. The maximum atomic E-state index is 14.2. The summed E-state index contributed by atoms with van der Waals surface area (Å²) in [7, 11) is 0. The van der Waals surface area contributed by atoms with Gasteiger partial charge in [-0.1, -0.05) is 6.07 Å². The number of nitrogens with zero attached hydrogens (tertiary/aromatic N) is 2. The van der Waals surface area contributed by atoms with Gasteiger partial charge in [-0.05, 0) is 44.2 Å². The Hall–Kier alpha value is -2.77. The van der Waals surface area contributed by atoms with Gasteiger partial charge in [0.25, 0.3) is 5.91 Å². The highest BCUT2D eigenvalue weighted by Gasteiger charge is 2.50. The lowest BCUT2D eigenvalue weighted by Gasteiger charge is -2.10. The molecule has 1 aromatic heterocycles. The van der Waals surface area contributed by atoms with Crippen molar-refractivity contribution in [1.82, 2.24) is 15.1 Å². The number of carboxylic acids is 1. The second-order valence-corrected chi connectivity index (χ2v) is 6.88. The van der Waals surface area contributed by atoms with Crippen molar-refractivity contribution >= 4 is 11.9 Å². The van der Waals surface area contributed by atoms with Crippen molar-refractivity contribution in [3.63, 3.8) is 0 Å². The maximum Gasteiger partial charge on any atom is 0.311 e. The van der Waals surface area contributed by atoms with Crippen molar-refractivity contribution in [1.29, 1.82) is 0 Å². The van der Waals surface area contributed by atoms with Crippen LogP contribution in [0.15, 0.2) is 18.2 Å². The topological polar surface area (TPSA) is 84.2 Å². The predicted octanol–water partition coefficient (Wildman–Crippen LogP) is 2.23. The van der Waals surface area contributed by atoms with E-state index in [2.05, 4.69) is 10.4 Å². The highest BCUT2D eigenvalue weighted by molar-refractivity contribution is 5.94. The number of aliphatic carboxylic acids is 1. The molecular formula is C18H17F2N3O3. The normalized spacial score (nSPS) is 17.0. The van der Waals surface area contributed by atoms with Gasteiger partial charge in [-0.3, -0.25) is 9.59 Å². The van der Waals surface area contributed by atoms with E-state index in [1.54, 1.807) is 0 Å². The first kappa shape index (κ1) is 16.7. The van der Waals surface area contributed by atoms with E-state index in [0.717, 1.165) is 12.5 Å². The van der Waals surface area contributed by atoms with Gasteiger partial charge in [-0.2, -0.15) is 5.10 Å². The fraction of sp³-hybridized carbons (Fsp3) is 0.389. The molecule has 2 aliphatic carbocycles. The van der Waals surface area contributed by atoms with Crippen LogP contribution in [0.5, 0.6) is 0 Å². The van der Waals surface area contributed by atoms with E-state index in [1.165, 1.54) is 16.8 Å². The SMILES string of the molecule is O=C(NCC1(C(=O)O)CC1)c1nn(-c2cccc(F)c2F)c2c1CCC2. The van der Waals surface area contributed by atoms with E-state index < -0.39 is 28.9 Å². The number of aromatic nitrogens is 2. The van der Waals surface area contributed by atoms with Gasteiger partial charge in [0, 0.05) is 17.8 Å². The largest absolute Gasteiger partial charge is 0.481 e. The predicted molar refractivity (Wildman–Crippen MR) is 87.1 cm³/mol. The molecule has 2 aliphatic rings. The number of fused-ring (bicyclic) bond motifs is 1. The Balaban J connectivity index is 1.65. The molecule has 1 saturated carbocycles. The zero-order valence-electron chi connectivity index (χ0n) is 13.9. The third kappa shape index (κ3) is 2.56. The van der Waals surface area contributed by atoms with Gasteiger partial charge in [0.2, 0.25) is 0 Å². The van der Waals surface area contributed by atoms with Crippen LogP contribution >= 0.6 is 0 Å².